The van der Waals surface area contributed by atoms with Crippen molar-refractivity contribution in [2.24, 2.45) is 0 Å². The predicted octanol–water partition coefficient (Wildman–Crippen LogP) is 1.41. The fraction of sp³-hybridized carbons (Fsp3) is 0.500. The lowest BCUT2D eigenvalue weighted by atomic mass is 10.0. The van der Waals surface area contributed by atoms with Crippen molar-refractivity contribution in [2.45, 2.75) is 6.04 Å². The third kappa shape index (κ3) is 2.03. The van der Waals surface area contributed by atoms with Gasteiger partial charge in [0.2, 0.25) is 0 Å². The van der Waals surface area contributed by atoms with E-state index < -0.39 is 0 Å². The largest absolute Gasteiger partial charge is 0.496 e. The van der Waals surface area contributed by atoms with Crippen LogP contribution in [-0.4, -0.2) is 38.7 Å². The van der Waals surface area contributed by atoms with Crippen LogP contribution in [0.25, 0.3) is 0 Å². The zero-order valence-corrected chi connectivity index (χ0v) is 9.66. The van der Waals surface area contributed by atoms with Crippen molar-refractivity contribution in [3.63, 3.8) is 0 Å². The zero-order chi connectivity index (χ0) is 11.5. The average Bonchev–Trinajstić information content (AvgIpc) is 2.30. The lowest BCUT2D eigenvalue weighted by Gasteiger charge is -2.34. The lowest BCUT2D eigenvalue weighted by molar-refractivity contribution is 0.194. The van der Waals surface area contributed by atoms with E-state index in [0.717, 1.165) is 19.6 Å². The Labute approximate surface area is 95.2 Å². The number of nitrogens with one attached hydrogen (secondary N) is 1. The van der Waals surface area contributed by atoms with Gasteiger partial charge in [-0.25, -0.2) is 4.39 Å². The van der Waals surface area contributed by atoms with Crippen LogP contribution in [0.3, 0.4) is 0 Å². The molecule has 88 valence electrons. The van der Waals surface area contributed by atoms with Gasteiger partial charge in [0.05, 0.1) is 13.2 Å². The van der Waals surface area contributed by atoms with E-state index in [9.17, 15) is 4.39 Å². The van der Waals surface area contributed by atoms with Crippen molar-refractivity contribution in [1.29, 1.82) is 0 Å². The molecular formula is C12H17FN2O. The van der Waals surface area contributed by atoms with Crippen molar-refractivity contribution >= 4 is 0 Å². The SMILES string of the molecule is COc1cccc(F)c1C1CNCCN1C. The van der Waals surface area contributed by atoms with Gasteiger partial charge < -0.3 is 10.1 Å². The number of piperazine rings is 1. The molecule has 1 unspecified atom stereocenters. The first-order valence-corrected chi connectivity index (χ1v) is 5.47. The molecule has 1 aliphatic heterocycles. The second-order valence-corrected chi connectivity index (χ2v) is 4.06. The second-order valence-electron chi connectivity index (χ2n) is 4.06. The summed E-state index contributed by atoms with van der Waals surface area (Å²) in [5, 5.41) is 3.28. The number of hydrogen-bond donors (Lipinski definition) is 1. The van der Waals surface area contributed by atoms with Gasteiger partial charge in [0.25, 0.3) is 0 Å². The summed E-state index contributed by atoms with van der Waals surface area (Å²) in [6, 6.07) is 5.01. The number of benzene rings is 1. The first kappa shape index (κ1) is 11.4. The Balaban J connectivity index is 2.37. The van der Waals surface area contributed by atoms with Crippen molar-refractivity contribution in [3.05, 3.63) is 29.6 Å². The molecule has 1 N–H and O–H groups in total. The third-order valence-electron chi connectivity index (χ3n) is 3.08. The highest BCUT2D eigenvalue weighted by atomic mass is 19.1. The molecule has 1 aromatic carbocycles. The van der Waals surface area contributed by atoms with Crippen molar-refractivity contribution in [1.82, 2.24) is 10.2 Å². The van der Waals surface area contributed by atoms with Crippen LogP contribution >= 0.6 is 0 Å². The molecule has 2 rings (SSSR count). The molecule has 1 fully saturated rings. The van der Waals surface area contributed by atoms with Gasteiger partial charge >= 0.3 is 0 Å². The van der Waals surface area contributed by atoms with Crippen LogP contribution in [0.1, 0.15) is 11.6 Å². The number of hydrogen-bond acceptors (Lipinski definition) is 3. The number of halogens is 1. The summed E-state index contributed by atoms with van der Waals surface area (Å²) in [6.07, 6.45) is 0. The molecule has 0 bridgehead atoms. The highest BCUT2D eigenvalue weighted by Gasteiger charge is 2.26. The van der Waals surface area contributed by atoms with E-state index in [4.69, 9.17) is 4.74 Å². The van der Waals surface area contributed by atoms with Crippen LogP contribution < -0.4 is 10.1 Å². The monoisotopic (exact) mass is 224 g/mol. The molecule has 0 spiro atoms. The number of nitrogens with zero attached hydrogens (tertiary/aromatic N) is 1. The summed E-state index contributed by atoms with van der Waals surface area (Å²) < 4.78 is 19.1. The summed E-state index contributed by atoms with van der Waals surface area (Å²) in [5.41, 5.74) is 0.653. The van der Waals surface area contributed by atoms with E-state index in [1.165, 1.54) is 6.07 Å². The van der Waals surface area contributed by atoms with E-state index in [1.807, 2.05) is 7.05 Å². The maximum atomic E-state index is 13.9. The van der Waals surface area contributed by atoms with Crippen molar-refractivity contribution in [2.75, 3.05) is 33.8 Å². The molecule has 1 saturated heterocycles. The number of ether oxygens (including phenoxy) is 1. The topological polar surface area (TPSA) is 24.5 Å². The zero-order valence-electron chi connectivity index (χ0n) is 9.66. The number of rotatable bonds is 2. The van der Waals surface area contributed by atoms with Crippen molar-refractivity contribution in [3.8, 4) is 5.75 Å². The normalized spacial score (nSPS) is 22.1. The Bertz CT molecular complexity index is 370. The molecule has 1 aliphatic rings. The van der Waals surface area contributed by atoms with Gasteiger partial charge in [0.1, 0.15) is 11.6 Å². The molecule has 0 aromatic heterocycles. The maximum Gasteiger partial charge on any atom is 0.131 e. The molecule has 4 heteroatoms. The van der Waals surface area contributed by atoms with Crippen LogP contribution in [0.5, 0.6) is 5.75 Å². The lowest BCUT2D eigenvalue weighted by Crippen LogP contribution is -2.44. The van der Waals surface area contributed by atoms with Gasteiger partial charge in [-0.05, 0) is 19.2 Å². The average molecular weight is 224 g/mol. The van der Waals surface area contributed by atoms with Gasteiger partial charge in [0.15, 0.2) is 0 Å². The molecule has 1 aromatic rings. The van der Waals surface area contributed by atoms with Crippen LogP contribution in [0.2, 0.25) is 0 Å². The minimum absolute atomic E-state index is 0.0462. The summed E-state index contributed by atoms with van der Waals surface area (Å²) in [7, 11) is 3.59. The van der Waals surface area contributed by atoms with Gasteiger partial charge in [-0.2, -0.15) is 0 Å². The summed E-state index contributed by atoms with van der Waals surface area (Å²) in [5.74, 6) is 0.431. The highest BCUT2D eigenvalue weighted by molar-refractivity contribution is 5.37. The van der Waals surface area contributed by atoms with Crippen LogP contribution in [0.4, 0.5) is 4.39 Å². The quantitative estimate of drug-likeness (QED) is 0.822. The van der Waals surface area contributed by atoms with E-state index in [-0.39, 0.29) is 11.9 Å². The number of methoxy groups -OCH3 is 1. The Kier molecular flexibility index (Phi) is 3.41. The summed E-state index contributed by atoms with van der Waals surface area (Å²) in [6.45, 7) is 2.62. The van der Waals surface area contributed by atoms with Crippen molar-refractivity contribution < 1.29 is 9.13 Å². The third-order valence-corrected chi connectivity index (χ3v) is 3.08. The van der Waals surface area contributed by atoms with Crippen LogP contribution in [0.15, 0.2) is 18.2 Å². The van der Waals surface area contributed by atoms with Gasteiger partial charge in [-0.15, -0.1) is 0 Å². The Morgan fingerprint density at radius 2 is 2.31 bits per heavy atom. The second kappa shape index (κ2) is 4.80. The van der Waals surface area contributed by atoms with Gasteiger partial charge in [-0.3, -0.25) is 4.90 Å². The van der Waals surface area contributed by atoms with E-state index >= 15 is 0 Å². The maximum absolute atomic E-state index is 13.9. The fourth-order valence-electron chi connectivity index (χ4n) is 2.15. The van der Waals surface area contributed by atoms with Crippen LogP contribution in [-0.2, 0) is 0 Å². The fourth-order valence-corrected chi connectivity index (χ4v) is 2.15. The standard InChI is InChI=1S/C12H17FN2O/c1-15-7-6-14-8-10(15)12-9(13)4-3-5-11(12)16-2/h3-5,10,14H,6-8H2,1-2H3. The smallest absolute Gasteiger partial charge is 0.131 e. The van der Waals surface area contributed by atoms with Crippen LogP contribution in [0, 0.1) is 5.82 Å². The molecule has 1 atom stereocenters. The predicted molar refractivity (Wildman–Crippen MR) is 61.2 cm³/mol. The highest BCUT2D eigenvalue weighted by Crippen LogP contribution is 2.31. The van der Waals surface area contributed by atoms with Gasteiger partial charge in [0, 0.05) is 25.2 Å². The summed E-state index contributed by atoms with van der Waals surface area (Å²) in [4.78, 5) is 2.15. The molecule has 16 heavy (non-hydrogen) atoms. The van der Waals surface area contributed by atoms with E-state index in [0.29, 0.717) is 11.3 Å². The minimum atomic E-state index is -0.195. The first-order valence-electron chi connectivity index (χ1n) is 5.47. The molecule has 0 aliphatic carbocycles. The Morgan fingerprint density at radius 3 is 3.00 bits per heavy atom. The van der Waals surface area contributed by atoms with E-state index in [1.54, 1.807) is 19.2 Å². The Hall–Kier alpha value is -1.13. The molecule has 0 amide bonds. The minimum Gasteiger partial charge on any atom is -0.496 e. The van der Waals surface area contributed by atoms with Gasteiger partial charge in [-0.1, -0.05) is 6.07 Å². The molecule has 0 saturated carbocycles. The molecular weight excluding hydrogens is 207 g/mol. The molecule has 3 nitrogen and oxygen atoms in total. The molecule has 0 radical (unpaired) electrons. The number of likely N-dealkylation sites (N-methyl/N-ethyl adjacent to an activating group) is 1. The molecule has 1 heterocycles. The summed E-state index contributed by atoms with van der Waals surface area (Å²) >= 11 is 0. The first-order chi connectivity index (χ1) is 7.74. The Morgan fingerprint density at radius 1 is 1.50 bits per heavy atom. The van der Waals surface area contributed by atoms with E-state index in [2.05, 4.69) is 10.2 Å².